The van der Waals surface area contributed by atoms with Gasteiger partial charge in [0.1, 0.15) is 4.60 Å². The van der Waals surface area contributed by atoms with Gasteiger partial charge in [-0.05, 0) is 34.3 Å². The number of nitrogens with zero attached hydrogens (tertiary/aromatic N) is 1. The highest BCUT2D eigenvalue weighted by atomic mass is 79.9. The van der Waals surface area contributed by atoms with E-state index in [2.05, 4.69) is 26.2 Å². The van der Waals surface area contributed by atoms with Gasteiger partial charge in [0.25, 0.3) is 0 Å². The number of hydrogen-bond acceptors (Lipinski definition) is 4. The smallest absolute Gasteiger partial charge is 0.109 e. The summed E-state index contributed by atoms with van der Waals surface area (Å²) in [6.07, 6.45) is 1.98. The molecule has 0 aliphatic rings. The van der Waals surface area contributed by atoms with Crippen molar-refractivity contribution in [2.75, 3.05) is 24.7 Å². The van der Waals surface area contributed by atoms with Crippen LogP contribution in [0.2, 0.25) is 0 Å². The summed E-state index contributed by atoms with van der Waals surface area (Å²) in [7, 11) is 0. The van der Waals surface area contributed by atoms with Gasteiger partial charge in [0.15, 0.2) is 0 Å². The topological polar surface area (TPSA) is 45.1 Å². The number of anilines is 1. The van der Waals surface area contributed by atoms with Gasteiger partial charge < -0.3 is 10.4 Å². The summed E-state index contributed by atoms with van der Waals surface area (Å²) in [6, 6.07) is 3.83. The average molecular weight is 263 g/mol. The van der Waals surface area contributed by atoms with Crippen LogP contribution in [0.4, 0.5) is 5.69 Å². The van der Waals surface area contributed by atoms with Crippen molar-refractivity contribution in [2.45, 2.75) is 5.03 Å². The molecular formula is C8H11BrN2OS. The molecule has 0 amide bonds. The summed E-state index contributed by atoms with van der Waals surface area (Å²) in [5.74, 6) is 0. The van der Waals surface area contributed by atoms with Crippen LogP contribution in [-0.2, 0) is 0 Å². The van der Waals surface area contributed by atoms with E-state index in [1.54, 1.807) is 11.8 Å². The van der Waals surface area contributed by atoms with Crippen LogP contribution in [0.15, 0.2) is 21.8 Å². The minimum absolute atomic E-state index is 0.133. The first-order chi connectivity index (χ1) is 6.26. The lowest BCUT2D eigenvalue weighted by Crippen LogP contribution is -2.05. The predicted molar refractivity (Wildman–Crippen MR) is 59.3 cm³/mol. The van der Waals surface area contributed by atoms with Crippen molar-refractivity contribution >= 4 is 33.4 Å². The average Bonchev–Trinajstić information content (AvgIpc) is 2.14. The first kappa shape index (κ1) is 10.8. The van der Waals surface area contributed by atoms with E-state index in [9.17, 15) is 0 Å². The molecule has 1 rings (SSSR count). The Morgan fingerprint density at radius 1 is 1.62 bits per heavy atom. The molecule has 1 heterocycles. The Morgan fingerprint density at radius 2 is 2.38 bits per heavy atom. The second-order valence-corrected chi connectivity index (χ2v) is 4.01. The number of halogens is 1. The Morgan fingerprint density at radius 3 is 3.00 bits per heavy atom. The third kappa shape index (κ3) is 3.54. The fraction of sp³-hybridized carbons (Fsp3) is 0.375. The molecule has 0 spiro atoms. The van der Waals surface area contributed by atoms with Gasteiger partial charge in [-0.25, -0.2) is 4.98 Å². The summed E-state index contributed by atoms with van der Waals surface area (Å²) < 4.78 is 0.805. The summed E-state index contributed by atoms with van der Waals surface area (Å²) in [4.78, 5) is 4.24. The maximum absolute atomic E-state index is 8.63. The minimum atomic E-state index is 0.133. The van der Waals surface area contributed by atoms with Gasteiger partial charge in [0, 0.05) is 12.2 Å². The van der Waals surface area contributed by atoms with E-state index in [1.165, 1.54) is 0 Å². The molecule has 0 aliphatic carbocycles. The van der Waals surface area contributed by atoms with Crippen molar-refractivity contribution in [3.8, 4) is 0 Å². The summed E-state index contributed by atoms with van der Waals surface area (Å²) in [5, 5.41) is 12.7. The van der Waals surface area contributed by atoms with Crippen molar-refractivity contribution in [1.82, 2.24) is 4.98 Å². The molecule has 0 saturated carbocycles. The summed E-state index contributed by atoms with van der Waals surface area (Å²) in [5.41, 5.74) is 0.972. The zero-order valence-corrected chi connectivity index (χ0v) is 9.65. The van der Waals surface area contributed by atoms with E-state index in [4.69, 9.17) is 5.11 Å². The first-order valence-corrected chi connectivity index (χ1v) is 5.84. The maximum atomic E-state index is 8.63. The molecule has 72 valence electrons. The molecule has 2 N–H and O–H groups in total. The van der Waals surface area contributed by atoms with Crippen LogP contribution in [0.25, 0.3) is 0 Å². The van der Waals surface area contributed by atoms with Gasteiger partial charge in [-0.3, -0.25) is 0 Å². The number of hydrogen-bond donors (Lipinski definition) is 2. The second-order valence-electron chi connectivity index (χ2n) is 2.37. The molecular weight excluding hydrogens is 252 g/mol. The zero-order chi connectivity index (χ0) is 9.68. The van der Waals surface area contributed by atoms with Crippen molar-refractivity contribution < 1.29 is 5.11 Å². The number of thioether (sulfide) groups is 1. The molecule has 0 saturated heterocycles. The zero-order valence-electron chi connectivity index (χ0n) is 7.25. The van der Waals surface area contributed by atoms with E-state index < -0.39 is 0 Å². The summed E-state index contributed by atoms with van der Waals surface area (Å²) >= 11 is 4.91. The molecule has 0 atom stereocenters. The third-order valence-electron chi connectivity index (χ3n) is 1.42. The van der Waals surface area contributed by atoms with Crippen molar-refractivity contribution in [1.29, 1.82) is 0 Å². The van der Waals surface area contributed by atoms with Crippen LogP contribution >= 0.6 is 27.7 Å². The Labute approximate surface area is 90.1 Å². The number of aliphatic hydroxyl groups excluding tert-OH is 1. The van der Waals surface area contributed by atoms with Gasteiger partial charge in [0.05, 0.1) is 11.6 Å². The third-order valence-corrected chi connectivity index (χ3v) is 2.45. The lowest BCUT2D eigenvalue weighted by Gasteiger charge is -2.05. The highest BCUT2D eigenvalue weighted by molar-refractivity contribution is 9.10. The highest BCUT2D eigenvalue weighted by Crippen LogP contribution is 2.21. The number of aliphatic hydroxyl groups is 1. The van der Waals surface area contributed by atoms with Gasteiger partial charge >= 0.3 is 0 Å². The van der Waals surface area contributed by atoms with Crippen LogP contribution < -0.4 is 5.32 Å². The molecule has 1 aromatic rings. The first-order valence-electron chi connectivity index (χ1n) is 3.82. The fourth-order valence-electron chi connectivity index (χ4n) is 0.880. The molecule has 1 aromatic heterocycles. The van der Waals surface area contributed by atoms with E-state index in [0.717, 1.165) is 15.3 Å². The molecule has 0 aromatic carbocycles. The standard InChI is InChI=1S/C8H11BrN2OS/c1-13-8-5-6(10-2-3-12)4-7(9)11-8/h4-5,12H,2-3H2,1H3,(H,10,11). The molecule has 0 unspecified atom stereocenters. The van der Waals surface area contributed by atoms with Crippen molar-refractivity contribution in [2.24, 2.45) is 0 Å². The van der Waals surface area contributed by atoms with Crippen LogP contribution in [-0.4, -0.2) is 29.5 Å². The van der Waals surface area contributed by atoms with E-state index in [1.807, 2.05) is 18.4 Å². The number of pyridine rings is 1. The number of nitrogens with one attached hydrogen (secondary N) is 1. The molecule has 13 heavy (non-hydrogen) atoms. The fourth-order valence-corrected chi connectivity index (χ4v) is 1.87. The SMILES string of the molecule is CSc1cc(NCCO)cc(Br)n1. The molecule has 0 radical (unpaired) electrons. The second kappa shape index (κ2) is 5.47. The number of aromatic nitrogens is 1. The van der Waals surface area contributed by atoms with Crippen molar-refractivity contribution in [3.05, 3.63) is 16.7 Å². The van der Waals surface area contributed by atoms with Gasteiger partial charge in [-0.2, -0.15) is 0 Å². The van der Waals surface area contributed by atoms with Crippen LogP contribution in [0.3, 0.4) is 0 Å². The van der Waals surface area contributed by atoms with Crippen LogP contribution in [0.1, 0.15) is 0 Å². The highest BCUT2D eigenvalue weighted by Gasteiger charge is 1.98. The normalized spacial score (nSPS) is 10.1. The van der Waals surface area contributed by atoms with Gasteiger partial charge in [-0.15, -0.1) is 11.8 Å². The molecule has 3 nitrogen and oxygen atoms in total. The molecule has 0 fully saturated rings. The van der Waals surface area contributed by atoms with E-state index >= 15 is 0 Å². The summed E-state index contributed by atoms with van der Waals surface area (Å²) in [6.45, 7) is 0.693. The minimum Gasteiger partial charge on any atom is -0.395 e. The molecule has 5 heteroatoms. The Balaban J connectivity index is 2.76. The lowest BCUT2D eigenvalue weighted by molar-refractivity contribution is 0.311. The van der Waals surface area contributed by atoms with Crippen LogP contribution in [0.5, 0.6) is 0 Å². The molecule has 0 bridgehead atoms. The Hall–Kier alpha value is -0.260. The lowest BCUT2D eigenvalue weighted by atomic mass is 10.4. The Kier molecular flexibility index (Phi) is 4.55. The van der Waals surface area contributed by atoms with Gasteiger partial charge in [0.2, 0.25) is 0 Å². The van der Waals surface area contributed by atoms with E-state index in [0.29, 0.717) is 6.54 Å². The van der Waals surface area contributed by atoms with Crippen molar-refractivity contribution in [3.63, 3.8) is 0 Å². The largest absolute Gasteiger partial charge is 0.395 e. The monoisotopic (exact) mass is 262 g/mol. The van der Waals surface area contributed by atoms with Gasteiger partial charge in [-0.1, -0.05) is 0 Å². The predicted octanol–water partition coefficient (Wildman–Crippen LogP) is 1.97. The number of rotatable bonds is 4. The Bertz CT molecular complexity index is 283. The molecule has 0 aliphatic heterocycles. The quantitative estimate of drug-likeness (QED) is 0.644. The van der Waals surface area contributed by atoms with E-state index in [-0.39, 0.29) is 6.61 Å². The maximum Gasteiger partial charge on any atom is 0.109 e. The van der Waals surface area contributed by atoms with Crippen LogP contribution in [0, 0.1) is 0 Å².